The number of methoxy groups -OCH3 is 1. The highest BCUT2D eigenvalue weighted by Gasteiger charge is 2.21. The van der Waals surface area contributed by atoms with E-state index in [0.29, 0.717) is 17.9 Å². The van der Waals surface area contributed by atoms with Crippen LogP contribution in [0.3, 0.4) is 0 Å². The van der Waals surface area contributed by atoms with Gasteiger partial charge in [-0.25, -0.2) is 0 Å². The molecular formula is C28H28N2O4. The number of furan rings is 1. The second kappa shape index (κ2) is 9.61. The zero-order chi connectivity index (χ0) is 23.5. The number of hydrogen-bond donors (Lipinski definition) is 1. The molecule has 0 unspecified atom stereocenters. The van der Waals surface area contributed by atoms with Crippen LogP contribution in [0.2, 0.25) is 0 Å². The minimum Gasteiger partial charge on any atom is -0.504 e. The van der Waals surface area contributed by atoms with E-state index in [9.17, 15) is 9.90 Å². The predicted octanol–water partition coefficient (Wildman–Crippen LogP) is 4.70. The Hall–Kier alpha value is -3.77. The molecule has 1 aliphatic rings. The number of rotatable bonds is 6. The summed E-state index contributed by atoms with van der Waals surface area (Å²) in [7, 11) is 1.52. The van der Waals surface area contributed by atoms with E-state index < -0.39 is 0 Å². The Morgan fingerprint density at radius 2 is 1.74 bits per heavy atom. The SMILES string of the molecule is COc1cc(-c2cc3cc(CC(=O)N4CCN(Cc5ccccc5)CC4)ccc3o2)ccc1O. The van der Waals surface area contributed by atoms with Gasteiger partial charge in [0.05, 0.1) is 13.5 Å². The fourth-order valence-electron chi connectivity index (χ4n) is 4.46. The fourth-order valence-corrected chi connectivity index (χ4v) is 4.46. The van der Waals surface area contributed by atoms with Crippen LogP contribution >= 0.6 is 0 Å². The average Bonchev–Trinajstić information content (AvgIpc) is 3.29. The topological polar surface area (TPSA) is 66.2 Å². The van der Waals surface area contributed by atoms with Crippen molar-refractivity contribution in [3.63, 3.8) is 0 Å². The number of phenols is 1. The van der Waals surface area contributed by atoms with Gasteiger partial charge in [0.25, 0.3) is 0 Å². The average molecular weight is 457 g/mol. The van der Waals surface area contributed by atoms with E-state index in [-0.39, 0.29) is 11.7 Å². The van der Waals surface area contributed by atoms with E-state index in [1.54, 1.807) is 18.2 Å². The Balaban J connectivity index is 1.22. The Kier molecular flexibility index (Phi) is 6.23. The number of phenolic OH excluding ortho intramolecular Hbond substituents is 1. The molecule has 0 spiro atoms. The van der Waals surface area contributed by atoms with Crippen LogP contribution in [0.15, 0.2) is 77.2 Å². The second-order valence-corrected chi connectivity index (χ2v) is 8.69. The minimum atomic E-state index is 0.0871. The second-order valence-electron chi connectivity index (χ2n) is 8.69. The summed E-state index contributed by atoms with van der Waals surface area (Å²) in [4.78, 5) is 17.3. The van der Waals surface area contributed by atoms with Gasteiger partial charge in [-0.1, -0.05) is 36.4 Å². The molecule has 3 aromatic carbocycles. The molecule has 2 heterocycles. The quantitative estimate of drug-likeness (QED) is 0.456. The van der Waals surface area contributed by atoms with Gasteiger partial charge in [-0.15, -0.1) is 0 Å². The lowest BCUT2D eigenvalue weighted by atomic mass is 10.1. The molecule has 1 aromatic heterocycles. The van der Waals surface area contributed by atoms with Crippen molar-refractivity contribution in [2.45, 2.75) is 13.0 Å². The maximum Gasteiger partial charge on any atom is 0.227 e. The number of ether oxygens (including phenoxy) is 1. The van der Waals surface area contributed by atoms with E-state index in [0.717, 1.165) is 54.8 Å². The largest absolute Gasteiger partial charge is 0.504 e. The van der Waals surface area contributed by atoms with Gasteiger partial charge in [0.2, 0.25) is 5.91 Å². The van der Waals surface area contributed by atoms with Crippen LogP contribution in [0.25, 0.3) is 22.3 Å². The highest BCUT2D eigenvalue weighted by Crippen LogP contribution is 2.34. The summed E-state index contributed by atoms with van der Waals surface area (Å²) in [6.45, 7) is 4.22. The molecule has 6 heteroatoms. The standard InChI is InChI=1S/C28H28N2O4/c1-33-27-17-22(8-9-24(27)31)26-18-23-15-21(7-10-25(23)34-26)16-28(32)30-13-11-29(12-14-30)19-20-5-3-2-4-6-20/h2-10,15,17-18,31H,11-14,16,19H2,1H3. The van der Waals surface area contributed by atoms with Crippen LogP contribution < -0.4 is 4.74 Å². The van der Waals surface area contributed by atoms with Crippen LogP contribution in [0, 0.1) is 0 Å². The molecule has 1 fully saturated rings. The Labute approximate surface area is 199 Å². The first kappa shape index (κ1) is 22.0. The summed E-state index contributed by atoms with van der Waals surface area (Å²) in [5.41, 5.74) is 3.85. The molecule has 4 aromatic rings. The number of carbonyl (C=O) groups is 1. The minimum absolute atomic E-state index is 0.0871. The molecule has 0 aliphatic carbocycles. The van der Waals surface area contributed by atoms with Gasteiger partial charge in [0.1, 0.15) is 11.3 Å². The Morgan fingerprint density at radius 1 is 0.941 bits per heavy atom. The van der Waals surface area contributed by atoms with Crippen molar-refractivity contribution < 1.29 is 19.1 Å². The molecule has 1 aliphatic heterocycles. The summed E-state index contributed by atoms with van der Waals surface area (Å²) in [6.07, 6.45) is 0.377. The molecule has 1 N–H and O–H groups in total. The Bertz CT molecular complexity index is 1290. The van der Waals surface area contributed by atoms with Gasteiger partial charge >= 0.3 is 0 Å². The zero-order valence-electron chi connectivity index (χ0n) is 19.2. The van der Waals surface area contributed by atoms with Crippen molar-refractivity contribution in [3.05, 3.63) is 83.9 Å². The molecule has 174 valence electrons. The molecule has 0 bridgehead atoms. The first-order valence-electron chi connectivity index (χ1n) is 11.5. The van der Waals surface area contributed by atoms with Gasteiger partial charge in [0, 0.05) is 43.7 Å². The summed E-state index contributed by atoms with van der Waals surface area (Å²) >= 11 is 0. The van der Waals surface area contributed by atoms with Crippen LogP contribution in [0.5, 0.6) is 11.5 Å². The van der Waals surface area contributed by atoms with Crippen molar-refractivity contribution in [2.24, 2.45) is 0 Å². The number of fused-ring (bicyclic) bond motifs is 1. The number of hydrogen-bond acceptors (Lipinski definition) is 5. The molecule has 34 heavy (non-hydrogen) atoms. The fraction of sp³-hybridized carbons (Fsp3) is 0.250. The maximum absolute atomic E-state index is 12.9. The van der Waals surface area contributed by atoms with Gasteiger partial charge in [-0.2, -0.15) is 0 Å². The van der Waals surface area contributed by atoms with Crippen molar-refractivity contribution in [1.29, 1.82) is 0 Å². The lowest BCUT2D eigenvalue weighted by Crippen LogP contribution is -2.48. The number of nitrogens with zero attached hydrogens (tertiary/aromatic N) is 2. The van der Waals surface area contributed by atoms with E-state index in [2.05, 4.69) is 29.2 Å². The molecule has 5 rings (SSSR count). The molecule has 0 radical (unpaired) electrons. The lowest BCUT2D eigenvalue weighted by molar-refractivity contribution is -0.132. The number of benzene rings is 3. The monoisotopic (exact) mass is 456 g/mol. The van der Waals surface area contributed by atoms with Crippen LogP contribution in [0.1, 0.15) is 11.1 Å². The third-order valence-electron chi connectivity index (χ3n) is 6.37. The molecular weight excluding hydrogens is 428 g/mol. The molecule has 0 atom stereocenters. The van der Waals surface area contributed by atoms with Gasteiger partial charge in [-0.05, 0) is 47.5 Å². The number of carbonyl (C=O) groups excluding carboxylic acids is 1. The maximum atomic E-state index is 12.9. The smallest absolute Gasteiger partial charge is 0.227 e. The molecule has 1 saturated heterocycles. The van der Waals surface area contributed by atoms with Crippen molar-refractivity contribution in [1.82, 2.24) is 9.80 Å². The third-order valence-corrected chi connectivity index (χ3v) is 6.37. The summed E-state index contributed by atoms with van der Waals surface area (Å²) < 4.78 is 11.2. The first-order chi connectivity index (χ1) is 16.6. The molecule has 1 amide bonds. The third kappa shape index (κ3) is 4.77. The number of piperazine rings is 1. The summed E-state index contributed by atoms with van der Waals surface area (Å²) in [5, 5.41) is 10.8. The predicted molar refractivity (Wildman–Crippen MR) is 132 cm³/mol. The van der Waals surface area contributed by atoms with Gasteiger partial charge in [-0.3, -0.25) is 9.69 Å². The van der Waals surface area contributed by atoms with E-state index in [1.165, 1.54) is 12.7 Å². The van der Waals surface area contributed by atoms with Crippen LogP contribution in [-0.4, -0.2) is 54.1 Å². The van der Waals surface area contributed by atoms with Gasteiger partial charge in [0.15, 0.2) is 11.5 Å². The highest BCUT2D eigenvalue weighted by molar-refractivity contribution is 5.86. The van der Waals surface area contributed by atoms with E-state index in [1.807, 2.05) is 35.2 Å². The number of aromatic hydroxyl groups is 1. The summed E-state index contributed by atoms with van der Waals surface area (Å²) in [6, 6.07) is 23.4. The van der Waals surface area contributed by atoms with E-state index in [4.69, 9.17) is 9.15 Å². The van der Waals surface area contributed by atoms with Crippen LogP contribution in [-0.2, 0) is 17.8 Å². The van der Waals surface area contributed by atoms with Crippen LogP contribution in [0.4, 0.5) is 0 Å². The van der Waals surface area contributed by atoms with Gasteiger partial charge < -0.3 is 19.2 Å². The normalized spacial score (nSPS) is 14.4. The van der Waals surface area contributed by atoms with Crippen molar-refractivity contribution in [2.75, 3.05) is 33.3 Å². The summed E-state index contributed by atoms with van der Waals surface area (Å²) in [5.74, 6) is 1.33. The zero-order valence-corrected chi connectivity index (χ0v) is 19.2. The van der Waals surface area contributed by atoms with Crippen molar-refractivity contribution in [3.8, 4) is 22.8 Å². The lowest BCUT2D eigenvalue weighted by Gasteiger charge is -2.34. The first-order valence-corrected chi connectivity index (χ1v) is 11.5. The Morgan fingerprint density at radius 3 is 2.50 bits per heavy atom. The molecule has 6 nitrogen and oxygen atoms in total. The van der Waals surface area contributed by atoms with Crippen molar-refractivity contribution >= 4 is 16.9 Å². The highest BCUT2D eigenvalue weighted by atomic mass is 16.5. The van der Waals surface area contributed by atoms with E-state index >= 15 is 0 Å². The number of amides is 1. The molecule has 0 saturated carbocycles.